The Hall–Kier alpha value is -2.12. The molecule has 0 unspecified atom stereocenters. The van der Waals surface area contributed by atoms with Crippen molar-refractivity contribution in [2.45, 2.75) is 57.4 Å². The normalized spacial score (nSPS) is 22.3. The zero-order chi connectivity index (χ0) is 23.5. The Bertz CT molecular complexity index is 868. The summed E-state index contributed by atoms with van der Waals surface area (Å²) in [6, 6.07) is 7.58. The van der Waals surface area contributed by atoms with Crippen molar-refractivity contribution in [2.24, 2.45) is 11.8 Å². The van der Waals surface area contributed by atoms with Gasteiger partial charge in [-0.3, -0.25) is 4.98 Å². The first-order chi connectivity index (χ1) is 16.0. The van der Waals surface area contributed by atoms with E-state index in [4.69, 9.17) is 9.84 Å². The van der Waals surface area contributed by atoms with Crippen LogP contribution < -0.4 is 10.1 Å². The van der Waals surface area contributed by atoms with E-state index in [2.05, 4.69) is 29.0 Å². The van der Waals surface area contributed by atoms with Crippen LogP contribution in [-0.4, -0.2) is 41.0 Å². The lowest BCUT2D eigenvalue weighted by Crippen LogP contribution is -2.28. The van der Waals surface area contributed by atoms with Gasteiger partial charge in [0, 0.05) is 12.2 Å². The van der Waals surface area contributed by atoms with E-state index in [-0.39, 0.29) is 5.56 Å². The molecule has 0 amide bonds. The molecule has 2 aliphatic rings. The lowest BCUT2D eigenvalue weighted by molar-refractivity contribution is 0.0696. The number of ether oxygens (including phenoxy) is 1. The summed E-state index contributed by atoms with van der Waals surface area (Å²) in [6.07, 6.45) is 14.3. The number of aromatic nitrogens is 1. The van der Waals surface area contributed by atoms with Crippen LogP contribution in [0.4, 0.5) is 4.39 Å². The highest BCUT2D eigenvalue weighted by Crippen LogP contribution is 2.33. The van der Waals surface area contributed by atoms with Gasteiger partial charge in [0.25, 0.3) is 0 Å². The van der Waals surface area contributed by atoms with Crippen molar-refractivity contribution >= 4 is 18.6 Å². The van der Waals surface area contributed by atoms with Crippen LogP contribution in [0, 0.1) is 17.7 Å². The SMILES string of the molecule is O=C(O)c1cccc(F)c1.SCC[C@H]1CC[C@H](Cc2cncc(OC[C@@H]3CCCN3)c2)CC1. The number of nitrogens with one attached hydrogen (secondary N) is 1. The molecule has 2 fully saturated rings. The predicted molar refractivity (Wildman–Crippen MR) is 132 cm³/mol. The van der Waals surface area contributed by atoms with Gasteiger partial charge in [-0.05, 0) is 92.5 Å². The van der Waals surface area contributed by atoms with Gasteiger partial charge in [-0.25, -0.2) is 9.18 Å². The molecule has 1 aliphatic heterocycles. The summed E-state index contributed by atoms with van der Waals surface area (Å²) in [4.78, 5) is 14.6. The van der Waals surface area contributed by atoms with Crippen LogP contribution in [0.3, 0.4) is 0 Å². The van der Waals surface area contributed by atoms with Gasteiger partial charge in [0.05, 0.1) is 11.8 Å². The van der Waals surface area contributed by atoms with Crippen molar-refractivity contribution < 1.29 is 19.0 Å². The number of carboxylic acids is 1. The van der Waals surface area contributed by atoms with Crippen LogP contribution in [0.25, 0.3) is 0 Å². The van der Waals surface area contributed by atoms with Gasteiger partial charge < -0.3 is 15.2 Å². The molecule has 1 saturated carbocycles. The van der Waals surface area contributed by atoms with E-state index < -0.39 is 11.8 Å². The van der Waals surface area contributed by atoms with Crippen LogP contribution >= 0.6 is 12.6 Å². The molecule has 1 aliphatic carbocycles. The van der Waals surface area contributed by atoms with Crippen molar-refractivity contribution in [2.75, 3.05) is 18.9 Å². The lowest BCUT2D eigenvalue weighted by Gasteiger charge is -2.28. The number of thiol groups is 1. The van der Waals surface area contributed by atoms with E-state index in [9.17, 15) is 9.18 Å². The van der Waals surface area contributed by atoms with Crippen LogP contribution in [0.1, 0.15) is 60.9 Å². The Kier molecular flexibility index (Phi) is 10.5. The van der Waals surface area contributed by atoms with Gasteiger partial charge in [0.1, 0.15) is 18.2 Å². The average Bonchev–Trinajstić information content (AvgIpc) is 3.34. The summed E-state index contributed by atoms with van der Waals surface area (Å²) in [7, 11) is 0. The molecule has 1 saturated heterocycles. The van der Waals surface area contributed by atoms with E-state index in [1.165, 1.54) is 68.7 Å². The fourth-order valence-corrected chi connectivity index (χ4v) is 4.98. The molecule has 0 radical (unpaired) electrons. The molecule has 0 spiro atoms. The number of nitrogens with zero attached hydrogens (tertiary/aromatic N) is 1. The standard InChI is InChI=1S/C19H30N2OS.C7H5FO2/c23-9-7-15-3-5-16(6-4-15)10-17-11-19(13-20-12-17)22-14-18-2-1-8-21-18;8-6-3-1-2-5(4-6)7(9)10/h11-13,15-16,18,21,23H,1-10,14H2;1-4H,(H,9,10)/t15-,16-,18-;/m0./s1. The second-order valence-electron chi connectivity index (χ2n) is 9.05. The fourth-order valence-electron chi connectivity index (χ4n) is 4.61. The molecule has 0 bridgehead atoms. The number of carbonyl (C=O) groups is 1. The molecule has 1 aromatic carbocycles. The first-order valence-corrected chi connectivity index (χ1v) is 12.6. The van der Waals surface area contributed by atoms with Gasteiger partial charge in [0.2, 0.25) is 0 Å². The van der Waals surface area contributed by atoms with E-state index in [1.54, 1.807) is 0 Å². The van der Waals surface area contributed by atoms with E-state index in [0.29, 0.717) is 6.04 Å². The Morgan fingerprint density at radius 1 is 1.15 bits per heavy atom. The monoisotopic (exact) mass is 474 g/mol. The van der Waals surface area contributed by atoms with Crippen molar-refractivity contribution in [3.8, 4) is 5.75 Å². The molecule has 7 heteroatoms. The molecule has 2 heterocycles. The van der Waals surface area contributed by atoms with Gasteiger partial charge in [-0.1, -0.05) is 18.9 Å². The van der Waals surface area contributed by atoms with Gasteiger partial charge >= 0.3 is 5.97 Å². The third kappa shape index (κ3) is 8.97. The van der Waals surface area contributed by atoms with Crippen molar-refractivity contribution in [1.29, 1.82) is 0 Å². The number of hydrogen-bond donors (Lipinski definition) is 3. The van der Waals surface area contributed by atoms with Crippen LogP contribution in [0.15, 0.2) is 42.7 Å². The molecule has 2 N–H and O–H groups in total. The minimum absolute atomic E-state index is 0.0278. The van der Waals surface area contributed by atoms with Gasteiger partial charge in [-0.2, -0.15) is 12.6 Å². The Labute approximate surface area is 201 Å². The Balaban J connectivity index is 0.000000257. The van der Waals surface area contributed by atoms with E-state index in [1.807, 2.05) is 12.4 Å². The molecule has 180 valence electrons. The topological polar surface area (TPSA) is 71.5 Å². The minimum Gasteiger partial charge on any atom is -0.490 e. The average molecular weight is 475 g/mol. The maximum Gasteiger partial charge on any atom is 0.335 e. The number of carboxylic acid groups (broad SMARTS) is 1. The first kappa shape index (κ1) is 25.5. The summed E-state index contributed by atoms with van der Waals surface area (Å²) >= 11 is 4.37. The third-order valence-electron chi connectivity index (χ3n) is 6.48. The van der Waals surface area contributed by atoms with Crippen molar-refractivity contribution in [3.05, 3.63) is 59.7 Å². The number of aromatic carboxylic acids is 1. The maximum atomic E-state index is 12.3. The number of benzene rings is 1. The minimum atomic E-state index is -1.11. The zero-order valence-electron chi connectivity index (χ0n) is 19.1. The molecule has 4 rings (SSSR count). The van der Waals surface area contributed by atoms with Crippen molar-refractivity contribution in [3.63, 3.8) is 0 Å². The van der Waals surface area contributed by atoms with Crippen LogP contribution in [-0.2, 0) is 6.42 Å². The number of pyridine rings is 1. The largest absolute Gasteiger partial charge is 0.490 e. The van der Waals surface area contributed by atoms with E-state index in [0.717, 1.165) is 49.0 Å². The second kappa shape index (κ2) is 13.6. The van der Waals surface area contributed by atoms with Gasteiger partial charge in [0.15, 0.2) is 0 Å². The highest BCUT2D eigenvalue weighted by atomic mass is 32.1. The lowest BCUT2D eigenvalue weighted by atomic mass is 9.78. The number of hydrogen-bond acceptors (Lipinski definition) is 5. The Morgan fingerprint density at radius 3 is 2.58 bits per heavy atom. The van der Waals surface area contributed by atoms with E-state index >= 15 is 0 Å². The molecule has 33 heavy (non-hydrogen) atoms. The molecule has 2 aromatic rings. The molecule has 1 aromatic heterocycles. The fraction of sp³-hybridized carbons (Fsp3) is 0.538. The molecule has 1 atom stereocenters. The second-order valence-corrected chi connectivity index (χ2v) is 9.50. The smallest absolute Gasteiger partial charge is 0.335 e. The summed E-state index contributed by atoms with van der Waals surface area (Å²) in [5.74, 6) is 2.06. The first-order valence-electron chi connectivity index (χ1n) is 11.9. The molecule has 5 nitrogen and oxygen atoms in total. The van der Waals surface area contributed by atoms with Crippen LogP contribution in [0.2, 0.25) is 0 Å². The number of halogens is 1. The van der Waals surface area contributed by atoms with Gasteiger partial charge in [-0.15, -0.1) is 0 Å². The summed E-state index contributed by atoms with van der Waals surface area (Å²) in [5.41, 5.74) is 1.31. The molecular formula is C26H35FN2O3S. The zero-order valence-corrected chi connectivity index (χ0v) is 20.0. The quantitative estimate of drug-likeness (QED) is 0.447. The maximum absolute atomic E-state index is 12.3. The van der Waals surface area contributed by atoms with Crippen LogP contribution in [0.5, 0.6) is 5.75 Å². The predicted octanol–water partition coefficient (Wildman–Crippen LogP) is 5.41. The highest BCUT2D eigenvalue weighted by molar-refractivity contribution is 7.80. The summed E-state index contributed by atoms with van der Waals surface area (Å²) in [5, 5.41) is 11.8. The third-order valence-corrected chi connectivity index (χ3v) is 6.74. The van der Waals surface area contributed by atoms with Crippen molar-refractivity contribution in [1.82, 2.24) is 10.3 Å². The summed E-state index contributed by atoms with van der Waals surface area (Å²) in [6.45, 7) is 1.89. The summed E-state index contributed by atoms with van der Waals surface area (Å²) < 4.78 is 18.2. The number of rotatable bonds is 8. The highest BCUT2D eigenvalue weighted by Gasteiger charge is 2.21. The Morgan fingerprint density at radius 2 is 1.94 bits per heavy atom. The molecular weight excluding hydrogens is 439 g/mol.